The standard InChI is InChI=1S/C18H19NO/c1-2-5-13(6-3-1)11-16-15-9-10-20-17-8-4-7-14(12-19-16)18(15)17/h1-8,15-16,19H,9-12H2. The molecule has 0 amide bonds. The monoisotopic (exact) mass is 265 g/mol. The predicted octanol–water partition coefficient (Wildman–Crippen LogP) is 3.27. The molecule has 2 heterocycles. The Morgan fingerprint density at radius 2 is 1.95 bits per heavy atom. The van der Waals surface area contributed by atoms with Crippen LogP contribution >= 0.6 is 0 Å². The molecule has 4 rings (SSSR count). The van der Waals surface area contributed by atoms with Crippen molar-refractivity contribution in [1.29, 1.82) is 0 Å². The van der Waals surface area contributed by atoms with Gasteiger partial charge in [-0.2, -0.15) is 0 Å². The Bertz CT molecular complexity index is 594. The molecule has 102 valence electrons. The van der Waals surface area contributed by atoms with E-state index in [1.807, 2.05) is 0 Å². The quantitative estimate of drug-likeness (QED) is 0.900. The van der Waals surface area contributed by atoms with Crippen LogP contribution in [0.2, 0.25) is 0 Å². The average Bonchev–Trinajstić information content (AvgIpc) is 2.51. The predicted molar refractivity (Wildman–Crippen MR) is 80.1 cm³/mol. The summed E-state index contributed by atoms with van der Waals surface area (Å²) in [6.07, 6.45) is 2.22. The van der Waals surface area contributed by atoms with Gasteiger partial charge in [0.2, 0.25) is 0 Å². The highest BCUT2D eigenvalue weighted by atomic mass is 16.5. The number of benzene rings is 2. The molecule has 0 aliphatic carbocycles. The van der Waals surface area contributed by atoms with E-state index in [4.69, 9.17) is 4.74 Å². The van der Waals surface area contributed by atoms with Crippen LogP contribution in [0.4, 0.5) is 0 Å². The van der Waals surface area contributed by atoms with Gasteiger partial charge in [0.25, 0.3) is 0 Å². The van der Waals surface area contributed by atoms with Crippen molar-refractivity contribution in [3.8, 4) is 5.75 Å². The molecule has 20 heavy (non-hydrogen) atoms. The maximum absolute atomic E-state index is 5.84. The summed E-state index contributed by atoms with van der Waals surface area (Å²) in [6.45, 7) is 1.80. The molecule has 0 saturated heterocycles. The van der Waals surface area contributed by atoms with Gasteiger partial charge in [0.1, 0.15) is 5.75 Å². The normalized spacial score (nSPS) is 23.8. The number of rotatable bonds is 2. The van der Waals surface area contributed by atoms with Crippen LogP contribution in [0.1, 0.15) is 29.0 Å². The van der Waals surface area contributed by atoms with Crippen LogP contribution in [0, 0.1) is 0 Å². The zero-order valence-corrected chi connectivity index (χ0v) is 11.5. The Kier molecular flexibility index (Phi) is 2.96. The molecule has 0 spiro atoms. The lowest BCUT2D eigenvalue weighted by atomic mass is 9.79. The van der Waals surface area contributed by atoms with Crippen molar-refractivity contribution in [3.63, 3.8) is 0 Å². The van der Waals surface area contributed by atoms with Crippen molar-refractivity contribution >= 4 is 0 Å². The van der Waals surface area contributed by atoms with Crippen molar-refractivity contribution in [2.75, 3.05) is 6.61 Å². The van der Waals surface area contributed by atoms with Crippen LogP contribution < -0.4 is 10.1 Å². The summed E-state index contributed by atoms with van der Waals surface area (Å²) in [4.78, 5) is 0. The molecule has 2 heteroatoms. The van der Waals surface area contributed by atoms with Crippen molar-refractivity contribution in [2.24, 2.45) is 0 Å². The topological polar surface area (TPSA) is 21.3 Å². The van der Waals surface area contributed by atoms with E-state index in [0.29, 0.717) is 12.0 Å². The highest BCUT2D eigenvalue weighted by Gasteiger charge is 2.34. The molecular formula is C18H19NO. The molecule has 0 bridgehead atoms. The van der Waals surface area contributed by atoms with Gasteiger partial charge in [-0.25, -0.2) is 0 Å². The lowest BCUT2D eigenvalue weighted by Gasteiger charge is -2.38. The average molecular weight is 265 g/mol. The third-order valence-corrected chi connectivity index (χ3v) is 4.55. The minimum absolute atomic E-state index is 0.523. The van der Waals surface area contributed by atoms with Gasteiger partial charge in [-0.1, -0.05) is 42.5 Å². The van der Waals surface area contributed by atoms with Gasteiger partial charge in [0.05, 0.1) is 6.61 Å². The van der Waals surface area contributed by atoms with Gasteiger partial charge in [0.15, 0.2) is 0 Å². The second kappa shape index (κ2) is 4.95. The fourth-order valence-corrected chi connectivity index (χ4v) is 3.60. The van der Waals surface area contributed by atoms with E-state index in [1.165, 1.54) is 16.7 Å². The van der Waals surface area contributed by atoms with Gasteiger partial charge in [0, 0.05) is 24.1 Å². The first-order valence-corrected chi connectivity index (χ1v) is 7.44. The molecule has 2 aromatic rings. The number of ether oxygens (including phenoxy) is 1. The minimum Gasteiger partial charge on any atom is -0.493 e. The summed E-state index contributed by atoms with van der Waals surface area (Å²) in [5.74, 6) is 1.70. The lowest BCUT2D eigenvalue weighted by Crippen LogP contribution is -2.43. The van der Waals surface area contributed by atoms with Crippen LogP contribution in [0.25, 0.3) is 0 Å². The van der Waals surface area contributed by atoms with Crippen molar-refractivity contribution in [1.82, 2.24) is 5.32 Å². The van der Waals surface area contributed by atoms with E-state index < -0.39 is 0 Å². The number of hydrogen-bond donors (Lipinski definition) is 1. The summed E-state index contributed by atoms with van der Waals surface area (Å²) in [7, 11) is 0. The molecule has 2 aromatic carbocycles. The summed E-state index contributed by atoms with van der Waals surface area (Å²) in [5, 5.41) is 3.73. The van der Waals surface area contributed by atoms with E-state index in [1.54, 1.807) is 0 Å². The molecule has 0 fully saturated rings. The van der Waals surface area contributed by atoms with E-state index >= 15 is 0 Å². The number of hydrogen-bond acceptors (Lipinski definition) is 2. The first-order valence-electron chi connectivity index (χ1n) is 7.44. The molecule has 0 aromatic heterocycles. The maximum atomic E-state index is 5.84. The molecule has 0 radical (unpaired) electrons. The largest absolute Gasteiger partial charge is 0.493 e. The molecule has 2 aliphatic rings. The Hall–Kier alpha value is -1.80. The van der Waals surface area contributed by atoms with E-state index in [2.05, 4.69) is 53.8 Å². The van der Waals surface area contributed by atoms with Crippen LogP contribution in [-0.2, 0) is 13.0 Å². The molecule has 2 unspecified atom stereocenters. The third-order valence-electron chi connectivity index (χ3n) is 4.55. The van der Waals surface area contributed by atoms with Gasteiger partial charge >= 0.3 is 0 Å². The molecule has 2 atom stereocenters. The highest BCUT2D eigenvalue weighted by molar-refractivity contribution is 5.46. The molecule has 2 aliphatic heterocycles. The zero-order chi connectivity index (χ0) is 13.4. The van der Waals surface area contributed by atoms with Gasteiger partial charge in [-0.3, -0.25) is 0 Å². The fourth-order valence-electron chi connectivity index (χ4n) is 3.60. The Morgan fingerprint density at radius 3 is 2.85 bits per heavy atom. The van der Waals surface area contributed by atoms with Crippen LogP contribution in [0.3, 0.4) is 0 Å². The van der Waals surface area contributed by atoms with Crippen molar-refractivity contribution in [3.05, 3.63) is 65.2 Å². The van der Waals surface area contributed by atoms with Crippen LogP contribution in [0.5, 0.6) is 5.75 Å². The van der Waals surface area contributed by atoms with Crippen molar-refractivity contribution in [2.45, 2.75) is 31.3 Å². The smallest absolute Gasteiger partial charge is 0.123 e. The van der Waals surface area contributed by atoms with Gasteiger partial charge in [-0.15, -0.1) is 0 Å². The highest BCUT2D eigenvalue weighted by Crippen LogP contribution is 2.41. The first kappa shape index (κ1) is 12.0. The maximum Gasteiger partial charge on any atom is 0.123 e. The summed E-state index contributed by atoms with van der Waals surface area (Å²) in [5.41, 5.74) is 4.28. The molecule has 2 nitrogen and oxygen atoms in total. The van der Waals surface area contributed by atoms with Gasteiger partial charge < -0.3 is 10.1 Å². The molecular weight excluding hydrogens is 246 g/mol. The number of nitrogens with one attached hydrogen (secondary N) is 1. The molecule has 0 saturated carbocycles. The summed E-state index contributed by atoms with van der Waals surface area (Å²) in [6, 6.07) is 17.8. The fraction of sp³-hybridized carbons (Fsp3) is 0.333. The second-order valence-electron chi connectivity index (χ2n) is 5.75. The zero-order valence-electron chi connectivity index (χ0n) is 11.5. The summed E-state index contributed by atoms with van der Waals surface area (Å²) < 4.78 is 5.84. The Labute approximate surface area is 119 Å². The Balaban J connectivity index is 1.66. The van der Waals surface area contributed by atoms with Gasteiger partial charge in [-0.05, 0) is 30.0 Å². The van der Waals surface area contributed by atoms with E-state index in [9.17, 15) is 0 Å². The van der Waals surface area contributed by atoms with Crippen molar-refractivity contribution < 1.29 is 4.74 Å². The van der Waals surface area contributed by atoms with Crippen LogP contribution in [-0.4, -0.2) is 12.6 Å². The Morgan fingerprint density at radius 1 is 1.05 bits per heavy atom. The first-order chi connectivity index (χ1) is 9.92. The minimum atomic E-state index is 0.523. The SMILES string of the molecule is c1ccc(CC2NCc3cccc4c3C2CCO4)cc1. The van der Waals surface area contributed by atoms with E-state index in [0.717, 1.165) is 31.7 Å². The van der Waals surface area contributed by atoms with E-state index in [-0.39, 0.29) is 0 Å². The molecule has 1 N–H and O–H groups in total. The summed E-state index contributed by atoms with van der Waals surface area (Å²) >= 11 is 0. The van der Waals surface area contributed by atoms with Crippen LogP contribution in [0.15, 0.2) is 48.5 Å². The third kappa shape index (κ3) is 2.01. The lowest BCUT2D eigenvalue weighted by molar-refractivity contribution is 0.234. The second-order valence-corrected chi connectivity index (χ2v) is 5.75.